The van der Waals surface area contributed by atoms with Gasteiger partial charge in [0.05, 0.1) is 11.7 Å². The Balaban J connectivity index is 1.71. The fourth-order valence-electron chi connectivity index (χ4n) is 2.63. The normalized spacial score (nSPS) is 10.7. The second kappa shape index (κ2) is 6.42. The molecule has 116 valence electrons. The molecular weight excluding hydrogens is 298 g/mol. The van der Waals surface area contributed by atoms with Gasteiger partial charge in [-0.2, -0.15) is 0 Å². The van der Waals surface area contributed by atoms with Crippen LogP contribution in [0.15, 0.2) is 73.4 Å². The zero-order valence-corrected chi connectivity index (χ0v) is 12.9. The first kappa shape index (κ1) is 14.3. The quantitative estimate of drug-likeness (QED) is 0.621. The fraction of sp³-hybridized carbons (Fsp3) is 0.0526. The lowest BCUT2D eigenvalue weighted by Gasteiger charge is -2.09. The molecule has 0 amide bonds. The lowest BCUT2D eigenvalue weighted by atomic mass is 10.0. The summed E-state index contributed by atoms with van der Waals surface area (Å²) in [5.74, 6) is 1.39. The number of aromatic nitrogens is 4. The van der Waals surface area contributed by atoms with Crippen molar-refractivity contribution in [2.24, 2.45) is 0 Å². The number of anilines is 2. The van der Waals surface area contributed by atoms with Crippen molar-refractivity contribution in [2.45, 2.75) is 6.42 Å². The molecule has 2 aromatic heterocycles. The third-order valence-electron chi connectivity index (χ3n) is 3.76. The van der Waals surface area contributed by atoms with E-state index in [0.717, 1.165) is 23.1 Å². The van der Waals surface area contributed by atoms with E-state index in [-0.39, 0.29) is 0 Å². The van der Waals surface area contributed by atoms with Crippen molar-refractivity contribution in [3.05, 3.63) is 84.6 Å². The third kappa shape index (κ3) is 3.05. The molecule has 1 N–H and O–H groups in total. The van der Waals surface area contributed by atoms with Crippen LogP contribution in [0.1, 0.15) is 11.1 Å². The number of benzene rings is 2. The summed E-state index contributed by atoms with van der Waals surface area (Å²) in [5, 5.41) is 4.18. The highest BCUT2D eigenvalue weighted by molar-refractivity contribution is 5.90. The average molecular weight is 313 g/mol. The smallest absolute Gasteiger partial charge is 0.150 e. The maximum Gasteiger partial charge on any atom is 0.150 e. The van der Waals surface area contributed by atoms with Gasteiger partial charge < -0.3 is 5.32 Å². The van der Waals surface area contributed by atoms with Crippen molar-refractivity contribution in [3.8, 4) is 0 Å². The van der Waals surface area contributed by atoms with Gasteiger partial charge >= 0.3 is 0 Å². The molecule has 5 heteroatoms. The van der Waals surface area contributed by atoms with Gasteiger partial charge in [-0.1, -0.05) is 36.4 Å². The van der Waals surface area contributed by atoms with E-state index in [9.17, 15) is 0 Å². The van der Waals surface area contributed by atoms with E-state index < -0.39 is 0 Å². The first-order valence-corrected chi connectivity index (χ1v) is 7.69. The summed E-state index contributed by atoms with van der Waals surface area (Å²) in [7, 11) is 0. The maximum absolute atomic E-state index is 4.36. The minimum Gasteiger partial charge on any atom is -0.323 e. The Morgan fingerprint density at radius 3 is 2.58 bits per heavy atom. The predicted octanol–water partition coefficient (Wildman–Crippen LogP) is 3.75. The monoisotopic (exact) mass is 313 g/mol. The lowest BCUT2D eigenvalue weighted by Crippen LogP contribution is -1.99. The largest absolute Gasteiger partial charge is 0.323 e. The van der Waals surface area contributed by atoms with E-state index in [0.29, 0.717) is 5.82 Å². The van der Waals surface area contributed by atoms with Gasteiger partial charge in [0.15, 0.2) is 0 Å². The molecule has 0 bridgehead atoms. The van der Waals surface area contributed by atoms with Gasteiger partial charge in [-0.3, -0.25) is 4.98 Å². The topological polar surface area (TPSA) is 63.6 Å². The summed E-state index contributed by atoms with van der Waals surface area (Å²) in [6.45, 7) is 0. The van der Waals surface area contributed by atoms with Crippen LogP contribution in [-0.2, 0) is 6.42 Å². The molecule has 0 aliphatic carbocycles. The molecule has 24 heavy (non-hydrogen) atoms. The van der Waals surface area contributed by atoms with Crippen LogP contribution in [0.25, 0.3) is 10.9 Å². The maximum atomic E-state index is 4.36. The van der Waals surface area contributed by atoms with Crippen LogP contribution in [0.5, 0.6) is 0 Å². The molecule has 0 spiro atoms. The Morgan fingerprint density at radius 2 is 1.75 bits per heavy atom. The number of nitrogens with zero attached hydrogens (tertiary/aromatic N) is 4. The van der Waals surface area contributed by atoms with Gasteiger partial charge in [-0.15, -0.1) is 0 Å². The summed E-state index contributed by atoms with van der Waals surface area (Å²) in [4.78, 5) is 17.0. The highest BCUT2D eigenvalue weighted by Gasteiger charge is 2.06. The molecule has 0 atom stereocenters. The van der Waals surface area contributed by atoms with Crippen LogP contribution >= 0.6 is 0 Å². The Morgan fingerprint density at radius 1 is 0.833 bits per heavy atom. The van der Waals surface area contributed by atoms with Crippen LogP contribution in [0.2, 0.25) is 0 Å². The number of fused-ring (bicyclic) bond motifs is 1. The average Bonchev–Trinajstić information content (AvgIpc) is 2.64. The summed E-state index contributed by atoms with van der Waals surface area (Å²) in [6, 6.07) is 16.7. The zero-order valence-electron chi connectivity index (χ0n) is 12.9. The van der Waals surface area contributed by atoms with Crippen molar-refractivity contribution in [3.63, 3.8) is 0 Å². The highest BCUT2D eigenvalue weighted by atomic mass is 15.1. The second-order valence-corrected chi connectivity index (χ2v) is 5.45. The van der Waals surface area contributed by atoms with Crippen molar-refractivity contribution in [1.82, 2.24) is 19.9 Å². The Labute approximate surface area is 139 Å². The Kier molecular flexibility index (Phi) is 3.81. The van der Waals surface area contributed by atoms with Gasteiger partial charge in [0, 0.05) is 17.8 Å². The Hall–Kier alpha value is -3.34. The first-order valence-electron chi connectivity index (χ1n) is 7.69. The molecule has 0 fully saturated rings. The van der Waals surface area contributed by atoms with E-state index in [1.165, 1.54) is 11.1 Å². The molecule has 4 rings (SSSR count). The third-order valence-corrected chi connectivity index (χ3v) is 3.76. The van der Waals surface area contributed by atoms with Crippen molar-refractivity contribution in [1.29, 1.82) is 0 Å². The van der Waals surface area contributed by atoms with Gasteiger partial charge in [-0.25, -0.2) is 15.0 Å². The van der Waals surface area contributed by atoms with E-state index in [2.05, 4.69) is 61.7 Å². The van der Waals surface area contributed by atoms with Crippen LogP contribution in [0, 0.1) is 0 Å². The molecule has 0 radical (unpaired) electrons. The van der Waals surface area contributed by atoms with Gasteiger partial charge in [0.25, 0.3) is 0 Å². The molecule has 4 aromatic rings. The van der Waals surface area contributed by atoms with Crippen molar-refractivity contribution < 1.29 is 0 Å². The molecule has 2 aromatic carbocycles. The molecule has 0 aliphatic heterocycles. The zero-order chi connectivity index (χ0) is 16.2. The van der Waals surface area contributed by atoms with Gasteiger partial charge in [-0.05, 0) is 29.7 Å². The minimum absolute atomic E-state index is 0.658. The fourth-order valence-corrected chi connectivity index (χ4v) is 2.63. The number of rotatable bonds is 4. The Bertz CT molecular complexity index is 955. The van der Waals surface area contributed by atoms with Crippen LogP contribution < -0.4 is 5.32 Å². The molecule has 0 unspecified atom stereocenters. The summed E-state index contributed by atoms with van der Waals surface area (Å²) in [5.41, 5.74) is 3.39. The summed E-state index contributed by atoms with van der Waals surface area (Å²) < 4.78 is 0. The molecule has 2 heterocycles. The minimum atomic E-state index is 0.658. The van der Waals surface area contributed by atoms with E-state index in [1.54, 1.807) is 24.9 Å². The number of hydrogen-bond donors (Lipinski definition) is 1. The van der Waals surface area contributed by atoms with Crippen LogP contribution in [0.4, 0.5) is 11.6 Å². The molecule has 0 saturated carbocycles. The van der Waals surface area contributed by atoms with Gasteiger partial charge in [0.1, 0.15) is 18.0 Å². The molecule has 0 saturated heterocycles. The van der Waals surface area contributed by atoms with E-state index in [4.69, 9.17) is 0 Å². The van der Waals surface area contributed by atoms with Gasteiger partial charge in [0.2, 0.25) is 0 Å². The van der Waals surface area contributed by atoms with Crippen molar-refractivity contribution in [2.75, 3.05) is 5.32 Å². The van der Waals surface area contributed by atoms with E-state index >= 15 is 0 Å². The SMILES string of the molecule is c1ccc(Cc2ccc3ncnc(Nc4cnccn4)c3c2)cc1. The molecule has 5 nitrogen and oxygen atoms in total. The van der Waals surface area contributed by atoms with E-state index in [1.807, 2.05) is 12.1 Å². The molecule has 0 aliphatic rings. The highest BCUT2D eigenvalue weighted by Crippen LogP contribution is 2.24. The summed E-state index contributed by atoms with van der Waals surface area (Å²) >= 11 is 0. The number of nitrogens with one attached hydrogen (secondary N) is 1. The first-order chi connectivity index (χ1) is 11.9. The van der Waals surface area contributed by atoms with Crippen LogP contribution in [-0.4, -0.2) is 19.9 Å². The van der Waals surface area contributed by atoms with Crippen LogP contribution in [0.3, 0.4) is 0 Å². The number of hydrogen-bond acceptors (Lipinski definition) is 5. The lowest BCUT2D eigenvalue weighted by molar-refractivity contribution is 1.16. The van der Waals surface area contributed by atoms with Crippen molar-refractivity contribution >= 4 is 22.5 Å². The standard InChI is InChI=1S/C19H15N5/c1-2-4-14(5-3-1)10-15-6-7-17-16(11-15)19(23-13-22-17)24-18-12-20-8-9-21-18/h1-9,11-13H,10H2,(H,21,22,23,24). The second-order valence-electron chi connectivity index (χ2n) is 5.45. The predicted molar refractivity (Wildman–Crippen MR) is 94.1 cm³/mol. The summed E-state index contributed by atoms with van der Waals surface area (Å²) in [6.07, 6.45) is 7.38. The molecular formula is C19H15N5.